The van der Waals surface area contributed by atoms with E-state index in [1.807, 2.05) is 24.3 Å². The number of carbonyl (C=O) groups is 3. The van der Waals surface area contributed by atoms with E-state index in [0.29, 0.717) is 90.8 Å². The average Bonchev–Trinajstić information content (AvgIpc) is 3.68. The van der Waals surface area contributed by atoms with Gasteiger partial charge in [0.15, 0.2) is 34.5 Å². The van der Waals surface area contributed by atoms with Crippen LogP contribution >= 0.6 is 0 Å². The molecule has 0 spiro atoms. The number of nitrogens with one attached hydrogen (secondary N) is 1. The SMILES string of the molecule is COc1cc2c(cc1OCCCCCOc1cc3c(cc1OC)C(=O)N1Cc4cc(OS(=O)(=O)Oc5cc(C(=O)NC(C)C)ccc5O[C@@H]5O[C@H](CO)[C@H](O)[C@H](O)[C@H]5O)ccc4C[C@H]1C=N3)C=NC1Cc3ccccc3CN1C2=O. The maximum Gasteiger partial charge on any atom is 0.501 e. The standard InChI is InChI=1S/C57H61N5O17S/c1-31(2)60-54(67)34-13-15-43(76-57-53(66)52(65)51(64)49(30-63)77-57)48(20-34)79-80(70,71)78-39-14-12-33-18-38-27-58-42-25-47(45(73-4)24-41(42)56(69)61(38)29-37(33)19-39)75-17-9-5-8-16-74-46-21-36-26-59-50-22-32-10-6-7-11-35(32)28-62(50)55(68)40(36)23-44(46)72-3/h6-7,10-15,19-21,23-27,31,38,49-53,57,63-66H,5,8-9,16-18,22,28-30H2,1-4H3,(H,60,67)/t38-,49+,50?,51-,52-,53+,57+/m0/s1. The Labute approximate surface area is 461 Å². The van der Waals surface area contributed by atoms with E-state index < -0.39 is 65.4 Å². The molecule has 0 aliphatic carbocycles. The molecule has 1 saturated heterocycles. The van der Waals surface area contributed by atoms with Crippen LogP contribution in [0.25, 0.3) is 0 Å². The number of amides is 3. The summed E-state index contributed by atoms with van der Waals surface area (Å²) < 4.78 is 73.0. The Morgan fingerprint density at radius 2 is 1.41 bits per heavy atom. The summed E-state index contributed by atoms with van der Waals surface area (Å²) in [6.07, 6.45) is -2.13. The molecule has 10 rings (SSSR count). The molecule has 3 amide bonds. The lowest BCUT2D eigenvalue weighted by atomic mass is 9.94. The third-order valence-electron chi connectivity index (χ3n) is 14.4. The van der Waals surface area contributed by atoms with Crippen molar-refractivity contribution in [3.05, 3.63) is 129 Å². The zero-order chi connectivity index (χ0) is 56.4. The number of aliphatic hydroxyl groups excluding tert-OH is 4. The fraction of sp³-hybridized carbons (Fsp3) is 0.386. The van der Waals surface area contributed by atoms with Gasteiger partial charge in [0.05, 0.1) is 56.9 Å². The Kier molecular flexibility index (Phi) is 16.3. The van der Waals surface area contributed by atoms with Crippen molar-refractivity contribution in [3.8, 4) is 40.2 Å². The van der Waals surface area contributed by atoms with Crippen LogP contribution in [0.15, 0.2) is 94.9 Å². The first-order chi connectivity index (χ1) is 38.5. The summed E-state index contributed by atoms with van der Waals surface area (Å²) in [6.45, 7) is 3.97. The number of nitrogens with zero attached hydrogens (tertiary/aromatic N) is 4. The second kappa shape index (κ2) is 23.5. The molecule has 22 nitrogen and oxygen atoms in total. The van der Waals surface area contributed by atoms with Gasteiger partial charge in [-0.2, -0.15) is 0 Å². The molecule has 5 aromatic rings. The molecule has 80 heavy (non-hydrogen) atoms. The molecule has 0 aromatic heterocycles. The van der Waals surface area contributed by atoms with E-state index in [1.54, 1.807) is 67.5 Å². The summed E-state index contributed by atoms with van der Waals surface area (Å²) in [5, 5.41) is 43.6. The number of hydrogen-bond donors (Lipinski definition) is 5. The third-order valence-corrected chi connectivity index (χ3v) is 15.1. The topological polar surface area (TPSA) is 283 Å². The lowest BCUT2D eigenvalue weighted by Gasteiger charge is -2.39. The van der Waals surface area contributed by atoms with Crippen LogP contribution in [0.3, 0.4) is 0 Å². The molecular weight excluding hydrogens is 1060 g/mol. The molecule has 7 atom stereocenters. The molecule has 5 N–H and O–H groups in total. The number of rotatable bonds is 19. The third kappa shape index (κ3) is 11.7. The van der Waals surface area contributed by atoms with Crippen LogP contribution in [0, 0.1) is 0 Å². The molecule has 0 radical (unpaired) electrons. The van der Waals surface area contributed by atoms with Crippen molar-refractivity contribution in [1.29, 1.82) is 0 Å². The Balaban J connectivity index is 0.754. The lowest BCUT2D eigenvalue weighted by Crippen LogP contribution is -2.60. The zero-order valence-electron chi connectivity index (χ0n) is 44.2. The molecule has 0 bridgehead atoms. The highest BCUT2D eigenvalue weighted by atomic mass is 32.3. The molecular formula is C57H61N5O17S. The maximum atomic E-state index is 14.3. The summed E-state index contributed by atoms with van der Waals surface area (Å²) >= 11 is 0. The van der Waals surface area contributed by atoms with Crippen molar-refractivity contribution in [2.45, 2.75) is 108 Å². The molecule has 1 unspecified atom stereocenters. The molecule has 0 saturated carbocycles. The molecule has 1 fully saturated rings. The van der Waals surface area contributed by atoms with Gasteiger partial charge in [0.25, 0.3) is 17.7 Å². The van der Waals surface area contributed by atoms with Crippen molar-refractivity contribution >= 4 is 46.2 Å². The fourth-order valence-electron chi connectivity index (χ4n) is 10.2. The van der Waals surface area contributed by atoms with Crippen LogP contribution in [-0.4, -0.2) is 152 Å². The summed E-state index contributed by atoms with van der Waals surface area (Å²) in [7, 11) is -1.99. The first-order valence-corrected chi connectivity index (χ1v) is 27.5. The fourth-order valence-corrected chi connectivity index (χ4v) is 10.9. The van der Waals surface area contributed by atoms with Gasteiger partial charge in [-0.05, 0) is 110 Å². The van der Waals surface area contributed by atoms with E-state index in [0.717, 1.165) is 23.6 Å². The van der Waals surface area contributed by atoms with Crippen molar-refractivity contribution in [1.82, 2.24) is 15.1 Å². The van der Waals surface area contributed by atoms with Crippen LogP contribution in [0.1, 0.15) is 92.0 Å². The number of carbonyl (C=O) groups excluding carboxylic acids is 3. The minimum absolute atomic E-state index is 0.0309. The monoisotopic (exact) mass is 1120 g/mol. The average molecular weight is 1120 g/mol. The number of aliphatic hydroxyl groups is 4. The molecule has 5 aromatic carbocycles. The van der Waals surface area contributed by atoms with E-state index in [9.17, 15) is 43.2 Å². The highest BCUT2D eigenvalue weighted by molar-refractivity contribution is 7.82. The van der Waals surface area contributed by atoms with Gasteiger partial charge in [-0.25, -0.2) is 0 Å². The lowest BCUT2D eigenvalue weighted by molar-refractivity contribution is -0.277. The van der Waals surface area contributed by atoms with Crippen molar-refractivity contribution in [2.24, 2.45) is 9.98 Å². The van der Waals surface area contributed by atoms with E-state index in [1.165, 1.54) is 36.9 Å². The zero-order valence-corrected chi connectivity index (χ0v) is 45.0. The quantitative estimate of drug-likeness (QED) is 0.0707. The van der Waals surface area contributed by atoms with Gasteiger partial charge >= 0.3 is 10.4 Å². The minimum Gasteiger partial charge on any atom is -0.493 e. The summed E-state index contributed by atoms with van der Waals surface area (Å²) in [4.78, 5) is 54.0. The van der Waals surface area contributed by atoms with E-state index in [-0.39, 0.29) is 53.2 Å². The van der Waals surface area contributed by atoms with Crippen LogP contribution in [0.2, 0.25) is 0 Å². The van der Waals surface area contributed by atoms with Gasteiger partial charge in [-0.1, -0.05) is 30.3 Å². The van der Waals surface area contributed by atoms with E-state index in [4.69, 9.17) is 46.8 Å². The van der Waals surface area contributed by atoms with E-state index in [2.05, 4.69) is 11.4 Å². The van der Waals surface area contributed by atoms with Crippen LogP contribution in [0.5, 0.6) is 40.2 Å². The normalized spacial score (nSPS) is 21.8. The van der Waals surface area contributed by atoms with E-state index >= 15 is 0 Å². The largest absolute Gasteiger partial charge is 0.501 e. The molecule has 23 heteroatoms. The summed E-state index contributed by atoms with van der Waals surface area (Å²) in [6, 6.07) is 22.3. The number of benzene rings is 5. The first-order valence-electron chi connectivity index (χ1n) is 26.1. The number of aliphatic imine (C=N–C) groups is 2. The molecule has 422 valence electrons. The Hall–Kier alpha value is -7.80. The van der Waals surface area contributed by atoms with Crippen LogP contribution < -0.4 is 37.4 Å². The summed E-state index contributed by atoms with van der Waals surface area (Å²) in [5.74, 6) is -0.409. The van der Waals surface area contributed by atoms with Gasteiger partial charge in [-0.15, -0.1) is 8.42 Å². The van der Waals surface area contributed by atoms with Crippen LogP contribution in [0.4, 0.5) is 5.69 Å². The smallest absolute Gasteiger partial charge is 0.493 e. The van der Waals surface area contributed by atoms with Crippen molar-refractivity contribution in [2.75, 3.05) is 34.0 Å². The Morgan fingerprint density at radius 1 is 0.725 bits per heavy atom. The van der Waals surface area contributed by atoms with Gasteiger partial charge in [0.1, 0.15) is 36.3 Å². The Bertz CT molecular complexity index is 3350. The van der Waals surface area contributed by atoms with Gasteiger partial charge < -0.3 is 72.3 Å². The van der Waals surface area contributed by atoms with Crippen LogP contribution in [-0.2, 0) is 41.1 Å². The number of fused-ring (bicyclic) bond motifs is 6. The second-order valence-electron chi connectivity index (χ2n) is 20.1. The number of ether oxygens (including phenoxy) is 6. The van der Waals surface area contributed by atoms with Gasteiger partial charge in [-0.3, -0.25) is 24.4 Å². The predicted molar refractivity (Wildman–Crippen MR) is 288 cm³/mol. The highest BCUT2D eigenvalue weighted by Crippen LogP contribution is 2.41. The first kappa shape index (κ1) is 55.5. The number of methoxy groups -OCH3 is 2. The minimum atomic E-state index is -5.02. The maximum absolute atomic E-state index is 14.3. The van der Waals surface area contributed by atoms with Crippen molar-refractivity contribution in [3.63, 3.8) is 0 Å². The van der Waals surface area contributed by atoms with Gasteiger partial charge in [0, 0.05) is 55.2 Å². The molecule has 5 aliphatic heterocycles. The second-order valence-corrected chi connectivity index (χ2v) is 21.3. The summed E-state index contributed by atoms with van der Waals surface area (Å²) in [5.41, 5.74) is 5.50. The van der Waals surface area contributed by atoms with Gasteiger partial charge in [0.2, 0.25) is 6.29 Å². The molecule has 5 aliphatic rings. The number of unbranched alkanes of at least 4 members (excludes halogenated alkanes) is 2. The number of hydrogen-bond acceptors (Lipinski definition) is 19. The highest BCUT2D eigenvalue weighted by Gasteiger charge is 2.45. The predicted octanol–water partition coefficient (Wildman–Crippen LogP) is 4.59. The Morgan fingerprint density at radius 3 is 2.14 bits per heavy atom. The molecule has 5 heterocycles. The van der Waals surface area contributed by atoms with Crippen molar-refractivity contribution < 1.29 is 80.0 Å².